The third kappa shape index (κ3) is 5.20. The van der Waals surface area contributed by atoms with Crippen LogP contribution in [0.4, 0.5) is 5.69 Å². The number of hydrogen-bond donors (Lipinski definition) is 1. The van der Waals surface area contributed by atoms with Gasteiger partial charge in [-0.05, 0) is 49.0 Å². The number of likely N-dealkylation sites (N-methyl/N-ethyl adjacent to an activating group) is 1. The third-order valence-corrected chi connectivity index (χ3v) is 5.96. The number of aryl methyl sites for hydroxylation is 1. The second-order valence-electron chi connectivity index (χ2n) is 8.01. The average Bonchev–Trinajstić information content (AvgIpc) is 3.13. The number of fused-ring (bicyclic) bond motifs is 1. The highest BCUT2D eigenvalue weighted by molar-refractivity contribution is 5.94. The van der Waals surface area contributed by atoms with E-state index in [1.807, 2.05) is 25.2 Å². The maximum atomic E-state index is 12.3. The summed E-state index contributed by atoms with van der Waals surface area (Å²) in [6.45, 7) is 8.42. The van der Waals surface area contributed by atoms with Gasteiger partial charge in [0.2, 0.25) is 0 Å². The molecule has 8 nitrogen and oxygen atoms in total. The molecule has 1 aliphatic rings. The second kappa shape index (κ2) is 10.0. The number of amides is 1. The summed E-state index contributed by atoms with van der Waals surface area (Å²) < 4.78 is 12.8. The largest absolute Gasteiger partial charge is 0.497 e. The molecule has 3 aromatic rings. The predicted molar refractivity (Wildman–Crippen MR) is 125 cm³/mol. The molecule has 2 heterocycles. The zero-order valence-corrected chi connectivity index (χ0v) is 19.0. The Kier molecular flexibility index (Phi) is 6.92. The van der Waals surface area contributed by atoms with E-state index < -0.39 is 0 Å². The van der Waals surface area contributed by atoms with Gasteiger partial charge < -0.3 is 24.3 Å². The molecule has 2 aromatic carbocycles. The van der Waals surface area contributed by atoms with Gasteiger partial charge in [0.25, 0.3) is 5.91 Å². The van der Waals surface area contributed by atoms with Crippen molar-refractivity contribution in [3.05, 3.63) is 48.3 Å². The van der Waals surface area contributed by atoms with E-state index in [4.69, 9.17) is 14.5 Å². The number of nitrogens with zero attached hydrogens (tertiary/aromatic N) is 4. The highest BCUT2D eigenvalue weighted by Crippen LogP contribution is 2.21. The molecule has 32 heavy (non-hydrogen) atoms. The Balaban J connectivity index is 1.36. The lowest BCUT2D eigenvalue weighted by Crippen LogP contribution is -2.45. The number of rotatable bonds is 8. The maximum absolute atomic E-state index is 12.3. The third-order valence-electron chi connectivity index (χ3n) is 5.96. The lowest BCUT2D eigenvalue weighted by atomic mass is 10.2. The standard InChI is InChI=1S/C24H31N5O3/c1-4-28-11-13-29(14-12-28)16-23-26-21-15-18(5-10-22(21)27(23)2)25-24(30)17-32-20-8-6-19(31-3)7-9-20/h5-10,15H,4,11-14,16-17H2,1-3H3,(H,25,30). The quantitative estimate of drug-likeness (QED) is 0.584. The van der Waals surface area contributed by atoms with Gasteiger partial charge in [-0.25, -0.2) is 4.98 Å². The van der Waals surface area contributed by atoms with Gasteiger partial charge in [0.05, 0.1) is 24.7 Å². The highest BCUT2D eigenvalue weighted by Gasteiger charge is 2.18. The van der Waals surface area contributed by atoms with Crippen LogP contribution in [0.3, 0.4) is 0 Å². The van der Waals surface area contributed by atoms with Crippen LogP contribution in [0.5, 0.6) is 11.5 Å². The molecule has 0 aliphatic carbocycles. The first kappa shape index (κ1) is 22.1. The van der Waals surface area contributed by atoms with Gasteiger partial charge in [-0.2, -0.15) is 0 Å². The zero-order valence-electron chi connectivity index (χ0n) is 19.0. The van der Waals surface area contributed by atoms with Crippen LogP contribution < -0.4 is 14.8 Å². The van der Waals surface area contributed by atoms with Crippen molar-refractivity contribution in [2.24, 2.45) is 7.05 Å². The van der Waals surface area contributed by atoms with Crippen LogP contribution in [0.1, 0.15) is 12.7 Å². The van der Waals surface area contributed by atoms with E-state index in [0.717, 1.165) is 61.9 Å². The Bertz CT molecular complexity index is 1060. The molecule has 0 atom stereocenters. The van der Waals surface area contributed by atoms with Crippen molar-refractivity contribution < 1.29 is 14.3 Å². The van der Waals surface area contributed by atoms with Crippen molar-refractivity contribution in [2.75, 3.05) is 51.8 Å². The van der Waals surface area contributed by atoms with Gasteiger partial charge in [0, 0.05) is 38.9 Å². The number of aromatic nitrogens is 2. The van der Waals surface area contributed by atoms with Crippen molar-refractivity contribution in [3.63, 3.8) is 0 Å². The Hall–Kier alpha value is -3.10. The summed E-state index contributed by atoms with van der Waals surface area (Å²) in [5, 5.41) is 2.89. The van der Waals surface area contributed by atoms with Gasteiger partial charge in [-0.15, -0.1) is 0 Å². The van der Waals surface area contributed by atoms with Crippen LogP contribution in [0.25, 0.3) is 11.0 Å². The van der Waals surface area contributed by atoms with Crippen LogP contribution in [0.2, 0.25) is 0 Å². The Morgan fingerprint density at radius 3 is 2.41 bits per heavy atom. The topological polar surface area (TPSA) is 71.9 Å². The summed E-state index contributed by atoms with van der Waals surface area (Å²) >= 11 is 0. The van der Waals surface area contributed by atoms with Gasteiger partial charge >= 0.3 is 0 Å². The monoisotopic (exact) mass is 437 g/mol. The first-order valence-corrected chi connectivity index (χ1v) is 11.0. The molecule has 0 radical (unpaired) electrons. The summed E-state index contributed by atoms with van der Waals surface area (Å²) in [6.07, 6.45) is 0. The molecule has 0 saturated carbocycles. The molecule has 4 rings (SSSR count). The van der Waals surface area contributed by atoms with E-state index in [2.05, 4.69) is 26.6 Å². The van der Waals surface area contributed by atoms with Crippen LogP contribution in [-0.4, -0.2) is 71.7 Å². The van der Waals surface area contributed by atoms with Gasteiger partial charge in [-0.3, -0.25) is 9.69 Å². The molecule has 0 spiro atoms. The number of anilines is 1. The molecular weight excluding hydrogens is 406 g/mol. The lowest BCUT2D eigenvalue weighted by Gasteiger charge is -2.33. The normalized spacial score (nSPS) is 15.1. The van der Waals surface area contributed by atoms with Gasteiger partial charge in [0.15, 0.2) is 6.61 Å². The summed E-state index contributed by atoms with van der Waals surface area (Å²) in [4.78, 5) is 22.1. The predicted octanol–water partition coefficient (Wildman–Crippen LogP) is 2.74. The summed E-state index contributed by atoms with van der Waals surface area (Å²) in [7, 11) is 3.66. The lowest BCUT2D eigenvalue weighted by molar-refractivity contribution is -0.118. The molecule has 0 bridgehead atoms. The number of benzene rings is 2. The fourth-order valence-corrected chi connectivity index (χ4v) is 3.95. The van der Waals surface area contributed by atoms with Crippen LogP contribution in [-0.2, 0) is 18.4 Å². The molecule has 1 amide bonds. The summed E-state index contributed by atoms with van der Waals surface area (Å²) in [5.74, 6) is 2.18. The molecular formula is C24H31N5O3. The number of carbonyl (C=O) groups excluding carboxylic acids is 1. The van der Waals surface area contributed by atoms with Crippen molar-refractivity contribution in [1.29, 1.82) is 0 Å². The van der Waals surface area contributed by atoms with E-state index in [0.29, 0.717) is 11.4 Å². The van der Waals surface area contributed by atoms with Gasteiger partial charge in [0.1, 0.15) is 17.3 Å². The van der Waals surface area contributed by atoms with Crippen LogP contribution >= 0.6 is 0 Å². The number of nitrogens with one attached hydrogen (secondary N) is 1. The number of hydrogen-bond acceptors (Lipinski definition) is 6. The van der Waals surface area contributed by atoms with Crippen LogP contribution in [0.15, 0.2) is 42.5 Å². The zero-order chi connectivity index (χ0) is 22.5. The first-order valence-electron chi connectivity index (χ1n) is 11.0. The van der Waals surface area contributed by atoms with Crippen LogP contribution in [0, 0.1) is 0 Å². The van der Waals surface area contributed by atoms with Crippen molar-refractivity contribution in [2.45, 2.75) is 13.5 Å². The minimum Gasteiger partial charge on any atom is -0.497 e. The molecule has 170 valence electrons. The fourth-order valence-electron chi connectivity index (χ4n) is 3.95. The van der Waals surface area contributed by atoms with E-state index in [1.165, 1.54) is 0 Å². The van der Waals surface area contributed by atoms with E-state index in [9.17, 15) is 4.79 Å². The minimum absolute atomic E-state index is 0.0679. The minimum atomic E-state index is -0.217. The summed E-state index contributed by atoms with van der Waals surface area (Å²) in [5.41, 5.74) is 2.64. The van der Waals surface area contributed by atoms with E-state index >= 15 is 0 Å². The first-order chi connectivity index (χ1) is 15.6. The fraction of sp³-hybridized carbons (Fsp3) is 0.417. The number of carbonyl (C=O) groups is 1. The highest BCUT2D eigenvalue weighted by atomic mass is 16.5. The maximum Gasteiger partial charge on any atom is 0.262 e. The molecule has 1 fully saturated rings. The van der Waals surface area contributed by atoms with Crippen molar-refractivity contribution in [1.82, 2.24) is 19.4 Å². The Labute approximate surface area is 188 Å². The van der Waals surface area contributed by atoms with E-state index in [1.54, 1.807) is 31.4 Å². The van der Waals surface area contributed by atoms with Gasteiger partial charge in [-0.1, -0.05) is 6.92 Å². The van der Waals surface area contributed by atoms with Crippen molar-refractivity contribution in [3.8, 4) is 11.5 Å². The molecule has 8 heteroatoms. The smallest absolute Gasteiger partial charge is 0.262 e. The number of methoxy groups -OCH3 is 1. The Morgan fingerprint density at radius 1 is 1.03 bits per heavy atom. The average molecular weight is 438 g/mol. The molecule has 1 aliphatic heterocycles. The SMILES string of the molecule is CCN1CCN(Cc2nc3cc(NC(=O)COc4ccc(OC)cc4)ccc3n2C)CC1. The number of ether oxygens (including phenoxy) is 2. The molecule has 0 unspecified atom stereocenters. The second-order valence-corrected chi connectivity index (χ2v) is 8.01. The van der Waals surface area contributed by atoms with E-state index in [-0.39, 0.29) is 12.5 Å². The molecule has 1 N–H and O–H groups in total. The molecule has 1 aromatic heterocycles. The Morgan fingerprint density at radius 2 is 1.72 bits per heavy atom. The number of piperazine rings is 1. The number of imidazole rings is 1. The summed E-state index contributed by atoms with van der Waals surface area (Å²) in [6, 6.07) is 13.0. The molecule has 1 saturated heterocycles. The van der Waals surface area contributed by atoms with Crippen molar-refractivity contribution >= 4 is 22.6 Å².